The van der Waals surface area contributed by atoms with Gasteiger partial charge in [0.2, 0.25) is 5.91 Å². The summed E-state index contributed by atoms with van der Waals surface area (Å²) in [5.41, 5.74) is 1.95. The standard InChI is InChI=1S/C30H24N2O5/c1-18(33)31-21-9-6-10-22(17-21)32-27(20-13-15-23(37-2)16-14-20)26(29(35)30(32)36)28(34)25-12-5-8-19-7-3-4-11-24(19)25/h3-17,27,34H,1-2H3,(H,31,33)/b28-26-. The van der Waals surface area contributed by atoms with Crippen molar-refractivity contribution >= 4 is 45.5 Å². The van der Waals surface area contributed by atoms with Crippen LogP contribution in [0.4, 0.5) is 11.4 Å². The van der Waals surface area contributed by atoms with Crippen LogP contribution in [0.1, 0.15) is 24.1 Å². The molecule has 7 heteroatoms. The number of hydrogen-bond acceptors (Lipinski definition) is 5. The molecule has 4 aromatic carbocycles. The summed E-state index contributed by atoms with van der Waals surface area (Å²) >= 11 is 0. The van der Waals surface area contributed by atoms with E-state index in [0.717, 1.165) is 10.8 Å². The number of carbonyl (C=O) groups is 3. The first-order valence-corrected chi connectivity index (χ1v) is 11.7. The highest BCUT2D eigenvalue weighted by Gasteiger charge is 2.47. The van der Waals surface area contributed by atoms with Crippen LogP contribution < -0.4 is 15.0 Å². The molecule has 1 unspecified atom stereocenters. The first-order valence-electron chi connectivity index (χ1n) is 11.7. The van der Waals surface area contributed by atoms with Crippen LogP contribution in [0.3, 0.4) is 0 Å². The fourth-order valence-electron chi connectivity index (χ4n) is 4.71. The van der Waals surface area contributed by atoms with Gasteiger partial charge in [-0.25, -0.2) is 0 Å². The van der Waals surface area contributed by atoms with Crippen molar-refractivity contribution < 1.29 is 24.2 Å². The lowest BCUT2D eigenvalue weighted by Crippen LogP contribution is -2.29. The Bertz CT molecular complexity index is 1570. The number of nitrogens with one attached hydrogen (secondary N) is 1. The summed E-state index contributed by atoms with van der Waals surface area (Å²) < 4.78 is 5.28. The molecule has 0 aliphatic carbocycles. The fourth-order valence-corrected chi connectivity index (χ4v) is 4.71. The van der Waals surface area contributed by atoms with E-state index < -0.39 is 17.7 Å². The maximum absolute atomic E-state index is 13.5. The van der Waals surface area contributed by atoms with Crippen LogP contribution in [0.2, 0.25) is 0 Å². The Morgan fingerprint density at radius 3 is 2.35 bits per heavy atom. The van der Waals surface area contributed by atoms with E-state index in [4.69, 9.17) is 4.74 Å². The molecule has 5 rings (SSSR count). The molecule has 2 N–H and O–H groups in total. The van der Waals surface area contributed by atoms with Gasteiger partial charge in [0.1, 0.15) is 11.5 Å². The SMILES string of the molecule is COc1ccc(C2/C(=C(/O)c3cccc4ccccc34)C(=O)C(=O)N2c2cccc(NC(C)=O)c2)cc1. The highest BCUT2D eigenvalue weighted by molar-refractivity contribution is 6.51. The Morgan fingerprint density at radius 1 is 0.919 bits per heavy atom. The van der Waals surface area contributed by atoms with Crippen molar-refractivity contribution in [3.8, 4) is 5.75 Å². The minimum atomic E-state index is -0.905. The molecule has 0 saturated carbocycles. The Labute approximate surface area is 213 Å². The summed E-state index contributed by atoms with van der Waals surface area (Å²) in [6.07, 6.45) is 0. The van der Waals surface area contributed by atoms with Gasteiger partial charge in [0.05, 0.1) is 18.7 Å². The largest absolute Gasteiger partial charge is 0.507 e. The maximum Gasteiger partial charge on any atom is 0.300 e. The van der Waals surface area contributed by atoms with E-state index in [1.165, 1.54) is 11.8 Å². The second kappa shape index (κ2) is 9.62. The van der Waals surface area contributed by atoms with E-state index in [1.54, 1.807) is 67.8 Å². The van der Waals surface area contributed by atoms with Crippen molar-refractivity contribution in [1.29, 1.82) is 0 Å². The number of fused-ring (bicyclic) bond motifs is 1. The van der Waals surface area contributed by atoms with Crippen molar-refractivity contribution in [2.75, 3.05) is 17.3 Å². The molecule has 1 saturated heterocycles. The third-order valence-electron chi connectivity index (χ3n) is 6.37. The topological polar surface area (TPSA) is 95.9 Å². The van der Waals surface area contributed by atoms with Crippen LogP contribution in [-0.2, 0) is 14.4 Å². The number of Topliss-reactive ketones (excluding diaryl/α,β-unsaturated/α-hetero) is 1. The zero-order valence-electron chi connectivity index (χ0n) is 20.3. The number of methoxy groups -OCH3 is 1. The summed E-state index contributed by atoms with van der Waals surface area (Å²) in [7, 11) is 1.55. The van der Waals surface area contributed by atoms with E-state index in [0.29, 0.717) is 28.3 Å². The van der Waals surface area contributed by atoms with Gasteiger partial charge in [-0.05, 0) is 46.7 Å². The predicted octanol–water partition coefficient (Wildman–Crippen LogP) is 5.43. The number of benzene rings is 4. The van der Waals surface area contributed by atoms with E-state index in [-0.39, 0.29) is 17.2 Å². The van der Waals surface area contributed by atoms with Crippen LogP contribution in [0.15, 0.2) is 96.6 Å². The smallest absolute Gasteiger partial charge is 0.300 e. The molecule has 0 bridgehead atoms. The van der Waals surface area contributed by atoms with Crippen molar-refractivity contribution in [2.24, 2.45) is 0 Å². The quantitative estimate of drug-likeness (QED) is 0.220. The normalized spacial score (nSPS) is 16.7. The lowest BCUT2D eigenvalue weighted by molar-refractivity contribution is -0.132. The second-order valence-electron chi connectivity index (χ2n) is 8.70. The summed E-state index contributed by atoms with van der Waals surface area (Å²) in [5, 5.41) is 15.9. The Kier molecular flexibility index (Phi) is 6.19. The van der Waals surface area contributed by atoms with Crippen LogP contribution in [-0.4, -0.2) is 29.8 Å². The first-order chi connectivity index (χ1) is 17.9. The maximum atomic E-state index is 13.5. The number of anilines is 2. The molecule has 0 radical (unpaired) electrons. The number of aliphatic hydroxyl groups is 1. The van der Waals surface area contributed by atoms with Crippen LogP contribution in [0, 0.1) is 0 Å². The van der Waals surface area contributed by atoms with Gasteiger partial charge in [0.15, 0.2) is 0 Å². The van der Waals surface area contributed by atoms with E-state index in [1.807, 2.05) is 30.3 Å². The number of nitrogens with zero attached hydrogens (tertiary/aromatic N) is 1. The van der Waals surface area contributed by atoms with Crippen molar-refractivity contribution in [3.63, 3.8) is 0 Å². The van der Waals surface area contributed by atoms with Crippen molar-refractivity contribution in [1.82, 2.24) is 0 Å². The molecule has 0 aromatic heterocycles. The highest BCUT2D eigenvalue weighted by atomic mass is 16.5. The van der Waals surface area contributed by atoms with Gasteiger partial charge in [-0.3, -0.25) is 19.3 Å². The second-order valence-corrected chi connectivity index (χ2v) is 8.70. The van der Waals surface area contributed by atoms with Crippen LogP contribution >= 0.6 is 0 Å². The number of carbonyl (C=O) groups excluding carboxylic acids is 3. The van der Waals surface area contributed by atoms with Crippen LogP contribution in [0.5, 0.6) is 5.75 Å². The van der Waals surface area contributed by atoms with Crippen molar-refractivity contribution in [3.05, 3.63) is 108 Å². The average molecular weight is 493 g/mol. The average Bonchev–Trinajstić information content (AvgIpc) is 3.18. The third kappa shape index (κ3) is 4.31. The molecule has 1 atom stereocenters. The van der Waals surface area contributed by atoms with Crippen molar-refractivity contribution in [2.45, 2.75) is 13.0 Å². The molecular weight excluding hydrogens is 468 g/mol. The van der Waals surface area contributed by atoms with E-state index in [9.17, 15) is 19.5 Å². The van der Waals surface area contributed by atoms with Gasteiger partial charge in [0.25, 0.3) is 11.7 Å². The molecule has 37 heavy (non-hydrogen) atoms. The van der Waals surface area contributed by atoms with Gasteiger partial charge in [-0.15, -0.1) is 0 Å². The van der Waals surface area contributed by atoms with E-state index >= 15 is 0 Å². The van der Waals surface area contributed by atoms with Crippen LogP contribution in [0.25, 0.3) is 16.5 Å². The lowest BCUT2D eigenvalue weighted by atomic mass is 9.93. The third-order valence-corrected chi connectivity index (χ3v) is 6.37. The Balaban J connectivity index is 1.73. The van der Waals surface area contributed by atoms with Gasteiger partial charge < -0.3 is 15.2 Å². The molecule has 1 aliphatic rings. The van der Waals surface area contributed by atoms with Gasteiger partial charge >= 0.3 is 0 Å². The Hall–Kier alpha value is -4.91. The summed E-state index contributed by atoms with van der Waals surface area (Å²) in [4.78, 5) is 39.9. The Morgan fingerprint density at radius 2 is 1.62 bits per heavy atom. The van der Waals surface area contributed by atoms with Gasteiger partial charge in [-0.2, -0.15) is 0 Å². The number of hydrogen-bond donors (Lipinski definition) is 2. The number of aliphatic hydroxyl groups excluding tert-OH is 1. The highest BCUT2D eigenvalue weighted by Crippen LogP contribution is 2.43. The summed E-state index contributed by atoms with van der Waals surface area (Å²) in [6.45, 7) is 1.39. The molecule has 184 valence electrons. The van der Waals surface area contributed by atoms with Gasteiger partial charge in [0, 0.05) is 23.9 Å². The molecule has 1 aliphatic heterocycles. The molecule has 4 aromatic rings. The van der Waals surface area contributed by atoms with E-state index in [2.05, 4.69) is 5.32 Å². The number of amides is 2. The number of ether oxygens (including phenoxy) is 1. The predicted molar refractivity (Wildman–Crippen MR) is 142 cm³/mol. The summed E-state index contributed by atoms with van der Waals surface area (Å²) in [5.74, 6) is -1.47. The molecule has 1 heterocycles. The lowest BCUT2D eigenvalue weighted by Gasteiger charge is -2.26. The zero-order chi connectivity index (χ0) is 26.1. The molecule has 7 nitrogen and oxygen atoms in total. The zero-order valence-corrected chi connectivity index (χ0v) is 20.3. The number of ketones is 1. The summed E-state index contributed by atoms with van der Waals surface area (Å²) in [6, 6.07) is 25.8. The number of rotatable bonds is 5. The molecule has 1 fully saturated rings. The first kappa shape index (κ1) is 23.8. The molecule has 0 spiro atoms. The fraction of sp³-hybridized carbons (Fsp3) is 0.100. The monoisotopic (exact) mass is 492 g/mol. The molecule has 2 amide bonds. The minimum Gasteiger partial charge on any atom is -0.507 e. The molecular formula is C30H24N2O5. The van der Waals surface area contributed by atoms with Gasteiger partial charge in [-0.1, -0.05) is 60.7 Å². The minimum absolute atomic E-state index is 0.0172.